The molecule has 0 aliphatic carbocycles. The molecule has 0 amide bonds. The molecule has 0 saturated carbocycles. The molecule has 0 heterocycles. The Morgan fingerprint density at radius 2 is 1.76 bits per heavy atom. The van der Waals surface area contributed by atoms with E-state index in [1.807, 2.05) is 12.1 Å². The first-order valence-corrected chi connectivity index (χ1v) is 7.18. The van der Waals surface area contributed by atoms with Crippen molar-refractivity contribution in [3.63, 3.8) is 0 Å². The van der Waals surface area contributed by atoms with Crippen LogP contribution in [0.1, 0.15) is 18.1 Å². The first-order valence-electron chi connectivity index (χ1n) is 7.18. The van der Waals surface area contributed by atoms with Crippen LogP contribution in [0.5, 0.6) is 5.75 Å². The van der Waals surface area contributed by atoms with Crippen molar-refractivity contribution in [1.82, 2.24) is 0 Å². The fraction of sp³-hybridized carbons (Fsp3) is 0.333. The van der Waals surface area contributed by atoms with Crippen LogP contribution in [-0.4, -0.2) is 20.3 Å². The molecule has 2 rings (SSSR count). The van der Waals surface area contributed by atoms with Crippen molar-refractivity contribution in [3.05, 3.63) is 59.7 Å². The molecule has 1 atom stereocenters. The maximum Gasteiger partial charge on any atom is 0.118 e. The molecule has 2 aromatic carbocycles. The largest absolute Gasteiger partial charge is 0.497 e. The average molecular weight is 285 g/mol. The van der Waals surface area contributed by atoms with E-state index in [0.717, 1.165) is 17.9 Å². The van der Waals surface area contributed by atoms with Gasteiger partial charge in [0.15, 0.2) is 0 Å². The lowest BCUT2D eigenvalue weighted by atomic mass is 10.1. The zero-order valence-corrected chi connectivity index (χ0v) is 12.9. The van der Waals surface area contributed by atoms with E-state index in [2.05, 4.69) is 48.6 Å². The third-order valence-corrected chi connectivity index (χ3v) is 3.35. The molecule has 1 N–H and O–H groups in total. The van der Waals surface area contributed by atoms with Crippen molar-refractivity contribution in [2.45, 2.75) is 26.0 Å². The summed E-state index contributed by atoms with van der Waals surface area (Å²) in [5.41, 5.74) is 3.61. The molecule has 0 radical (unpaired) electrons. The van der Waals surface area contributed by atoms with Crippen LogP contribution >= 0.6 is 0 Å². The Balaban J connectivity index is 1.94. The zero-order chi connectivity index (χ0) is 15.1. The summed E-state index contributed by atoms with van der Waals surface area (Å²) < 4.78 is 10.3. The van der Waals surface area contributed by atoms with Crippen LogP contribution in [0.25, 0.3) is 0 Å². The summed E-state index contributed by atoms with van der Waals surface area (Å²) >= 11 is 0. The smallest absolute Gasteiger partial charge is 0.118 e. The first kappa shape index (κ1) is 15.4. The lowest BCUT2D eigenvalue weighted by Gasteiger charge is -2.16. The predicted octanol–water partition coefficient (Wildman–Crippen LogP) is 3.88. The van der Waals surface area contributed by atoms with E-state index in [0.29, 0.717) is 12.6 Å². The average Bonchev–Trinajstić information content (AvgIpc) is 2.48. The summed E-state index contributed by atoms with van der Waals surface area (Å²) in [6.45, 7) is 2.83. The standard InChI is InChI=1S/C18H23NO2/c1-14(11-15-7-9-18(21-3)10-8-15)19-17-6-4-5-16(12-17)13-20-2/h4-10,12,14,19H,11,13H2,1-3H3. The molecular formula is C18H23NO2. The Hall–Kier alpha value is -2.00. The summed E-state index contributed by atoms with van der Waals surface area (Å²) in [6, 6.07) is 16.9. The van der Waals surface area contributed by atoms with Gasteiger partial charge in [-0.25, -0.2) is 0 Å². The van der Waals surface area contributed by atoms with Gasteiger partial charge in [-0.3, -0.25) is 0 Å². The van der Waals surface area contributed by atoms with Crippen molar-refractivity contribution < 1.29 is 9.47 Å². The van der Waals surface area contributed by atoms with E-state index in [1.165, 1.54) is 11.1 Å². The van der Waals surface area contributed by atoms with Crippen molar-refractivity contribution >= 4 is 5.69 Å². The number of hydrogen-bond acceptors (Lipinski definition) is 3. The van der Waals surface area contributed by atoms with Gasteiger partial charge >= 0.3 is 0 Å². The minimum Gasteiger partial charge on any atom is -0.497 e. The minimum absolute atomic E-state index is 0.358. The highest BCUT2D eigenvalue weighted by Gasteiger charge is 2.05. The summed E-state index contributed by atoms with van der Waals surface area (Å²) in [5.74, 6) is 0.895. The first-order chi connectivity index (χ1) is 10.2. The maximum absolute atomic E-state index is 5.18. The number of anilines is 1. The monoisotopic (exact) mass is 285 g/mol. The van der Waals surface area contributed by atoms with Crippen LogP contribution in [0.2, 0.25) is 0 Å². The second-order valence-corrected chi connectivity index (χ2v) is 5.23. The minimum atomic E-state index is 0.358. The van der Waals surface area contributed by atoms with Gasteiger partial charge in [-0.2, -0.15) is 0 Å². The highest BCUT2D eigenvalue weighted by Crippen LogP contribution is 2.16. The topological polar surface area (TPSA) is 30.5 Å². The van der Waals surface area contributed by atoms with Crippen molar-refractivity contribution in [1.29, 1.82) is 0 Å². The van der Waals surface area contributed by atoms with Gasteiger partial charge < -0.3 is 14.8 Å². The Bertz CT molecular complexity index is 551. The fourth-order valence-electron chi connectivity index (χ4n) is 2.37. The molecule has 3 nitrogen and oxygen atoms in total. The molecule has 3 heteroatoms. The highest BCUT2D eigenvalue weighted by molar-refractivity contribution is 5.46. The molecule has 0 bridgehead atoms. The van der Waals surface area contributed by atoms with E-state index in [-0.39, 0.29) is 0 Å². The van der Waals surface area contributed by atoms with Crippen LogP contribution in [0.3, 0.4) is 0 Å². The number of methoxy groups -OCH3 is 2. The number of ether oxygens (including phenoxy) is 2. The summed E-state index contributed by atoms with van der Waals surface area (Å²) in [5, 5.41) is 3.53. The van der Waals surface area contributed by atoms with Crippen LogP contribution in [0, 0.1) is 0 Å². The van der Waals surface area contributed by atoms with Gasteiger partial charge in [0.1, 0.15) is 5.75 Å². The third kappa shape index (κ3) is 4.80. The van der Waals surface area contributed by atoms with Gasteiger partial charge in [-0.05, 0) is 48.7 Å². The molecule has 112 valence electrons. The van der Waals surface area contributed by atoms with Crippen molar-refractivity contribution in [2.75, 3.05) is 19.5 Å². The van der Waals surface area contributed by atoms with Crippen molar-refractivity contribution in [3.8, 4) is 5.75 Å². The summed E-state index contributed by atoms with van der Waals surface area (Å²) in [4.78, 5) is 0. The quantitative estimate of drug-likeness (QED) is 0.837. The zero-order valence-electron chi connectivity index (χ0n) is 12.9. The second kappa shape index (κ2) is 7.70. The normalized spacial score (nSPS) is 12.0. The summed E-state index contributed by atoms with van der Waals surface area (Å²) in [6.07, 6.45) is 0.971. The van der Waals surface area contributed by atoms with Crippen molar-refractivity contribution in [2.24, 2.45) is 0 Å². The molecule has 0 aliphatic rings. The Morgan fingerprint density at radius 1 is 1.00 bits per heavy atom. The number of rotatable bonds is 7. The second-order valence-electron chi connectivity index (χ2n) is 5.23. The maximum atomic E-state index is 5.18. The lowest BCUT2D eigenvalue weighted by molar-refractivity contribution is 0.185. The van der Waals surface area contributed by atoms with E-state index in [1.54, 1.807) is 14.2 Å². The van der Waals surface area contributed by atoms with Gasteiger partial charge in [0.2, 0.25) is 0 Å². The van der Waals surface area contributed by atoms with E-state index in [9.17, 15) is 0 Å². The van der Waals surface area contributed by atoms with Crippen LogP contribution in [0.4, 0.5) is 5.69 Å². The Kier molecular flexibility index (Phi) is 5.64. The molecule has 0 aromatic heterocycles. The molecule has 2 aromatic rings. The Labute approximate surface area is 126 Å². The fourth-order valence-corrected chi connectivity index (χ4v) is 2.37. The molecular weight excluding hydrogens is 262 g/mol. The number of benzene rings is 2. The van der Waals surface area contributed by atoms with Gasteiger partial charge in [0.05, 0.1) is 13.7 Å². The molecule has 0 spiro atoms. The van der Waals surface area contributed by atoms with Gasteiger partial charge in [0.25, 0.3) is 0 Å². The van der Waals surface area contributed by atoms with E-state index in [4.69, 9.17) is 9.47 Å². The SMILES string of the molecule is COCc1cccc(NC(C)Cc2ccc(OC)cc2)c1. The highest BCUT2D eigenvalue weighted by atomic mass is 16.5. The molecule has 0 fully saturated rings. The third-order valence-electron chi connectivity index (χ3n) is 3.35. The van der Waals surface area contributed by atoms with E-state index < -0.39 is 0 Å². The van der Waals surface area contributed by atoms with Gasteiger partial charge in [0, 0.05) is 18.8 Å². The number of hydrogen-bond donors (Lipinski definition) is 1. The summed E-state index contributed by atoms with van der Waals surface area (Å²) in [7, 11) is 3.40. The van der Waals surface area contributed by atoms with Crippen LogP contribution in [0.15, 0.2) is 48.5 Å². The number of nitrogens with one attached hydrogen (secondary N) is 1. The van der Waals surface area contributed by atoms with Crippen LogP contribution < -0.4 is 10.1 Å². The van der Waals surface area contributed by atoms with Crippen LogP contribution in [-0.2, 0) is 17.8 Å². The van der Waals surface area contributed by atoms with Gasteiger partial charge in [-0.15, -0.1) is 0 Å². The molecule has 0 aliphatic heterocycles. The van der Waals surface area contributed by atoms with Gasteiger partial charge in [-0.1, -0.05) is 24.3 Å². The Morgan fingerprint density at radius 3 is 2.43 bits per heavy atom. The molecule has 1 unspecified atom stereocenters. The molecule has 0 saturated heterocycles. The lowest BCUT2D eigenvalue weighted by Crippen LogP contribution is -2.18. The molecule has 21 heavy (non-hydrogen) atoms. The van der Waals surface area contributed by atoms with E-state index >= 15 is 0 Å². The predicted molar refractivity (Wildman–Crippen MR) is 86.9 cm³/mol.